The molecule has 0 spiro atoms. The number of rotatable bonds is 5. The first kappa shape index (κ1) is 18.8. The van der Waals surface area contributed by atoms with E-state index in [2.05, 4.69) is 32.0 Å². The largest absolute Gasteiger partial charge is 0.383 e. The van der Waals surface area contributed by atoms with E-state index in [0.717, 1.165) is 67.1 Å². The first-order valence-corrected chi connectivity index (χ1v) is 10.3. The molecule has 1 aliphatic heterocycles. The van der Waals surface area contributed by atoms with Crippen molar-refractivity contribution in [1.82, 2.24) is 19.7 Å². The van der Waals surface area contributed by atoms with Gasteiger partial charge < -0.3 is 9.64 Å². The van der Waals surface area contributed by atoms with Crippen LogP contribution < -0.4 is 10.5 Å². The first-order chi connectivity index (χ1) is 14.7. The zero-order valence-electron chi connectivity index (χ0n) is 17.0. The summed E-state index contributed by atoms with van der Waals surface area (Å²) in [5, 5.41) is 4.88. The monoisotopic (exact) mass is 403 g/mol. The third kappa shape index (κ3) is 3.36. The molecule has 0 saturated carbocycles. The van der Waals surface area contributed by atoms with Crippen molar-refractivity contribution >= 4 is 27.5 Å². The molecule has 4 aromatic rings. The molecular weight excluding hydrogens is 378 g/mol. The number of hydrogen-bond donors (Lipinski definition) is 1. The summed E-state index contributed by atoms with van der Waals surface area (Å²) in [6.45, 7) is 5.72. The molecule has 5 rings (SSSR count). The lowest BCUT2D eigenvalue weighted by molar-refractivity contribution is 0.144. The minimum atomic E-state index is -0.0808. The van der Waals surface area contributed by atoms with Gasteiger partial charge >= 0.3 is 0 Å². The number of piperazine rings is 1. The van der Waals surface area contributed by atoms with E-state index in [0.29, 0.717) is 5.39 Å². The number of hydrogen-bond acceptors (Lipinski definition) is 5. The Morgan fingerprint density at radius 2 is 1.80 bits per heavy atom. The molecule has 7 heteroatoms. The highest BCUT2D eigenvalue weighted by molar-refractivity contribution is 6.04. The van der Waals surface area contributed by atoms with Crippen LogP contribution in [-0.2, 0) is 4.74 Å². The molecule has 30 heavy (non-hydrogen) atoms. The van der Waals surface area contributed by atoms with E-state index in [1.54, 1.807) is 18.0 Å². The van der Waals surface area contributed by atoms with Gasteiger partial charge in [-0.3, -0.25) is 19.8 Å². The average Bonchev–Trinajstić information content (AvgIpc) is 3.15. The fourth-order valence-corrected chi connectivity index (χ4v) is 4.15. The molecule has 1 fully saturated rings. The predicted octanol–water partition coefficient (Wildman–Crippen LogP) is 2.64. The van der Waals surface area contributed by atoms with Gasteiger partial charge in [0.15, 0.2) is 0 Å². The van der Waals surface area contributed by atoms with Crippen molar-refractivity contribution in [2.24, 2.45) is 0 Å². The summed E-state index contributed by atoms with van der Waals surface area (Å²) >= 11 is 0. The van der Waals surface area contributed by atoms with Gasteiger partial charge in [-0.05, 0) is 30.3 Å². The Balaban J connectivity index is 1.51. The SMILES string of the molecule is COCCN1CCN(c2ccc3ncc4c(=O)n(-c5ccccc5)[nH]c4c3c2)CC1. The number of aromatic nitrogens is 3. The quantitative estimate of drug-likeness (QED) is 0.555. The summed E-state index contributed by atoms with van der Waals surface area (Å²) < 4.78 is 6.79. The van der Waals surface area contributed by atoms with Crippen LogP contribution in [0.25, 0.3) is 27.5 Å². The van der Waals surface area contributed by atoms with Crippen LogP contribution >= 0.6 is 0 Å². The number of para-hydroxylation sites is 1. The van der Waals surface area contributed by atoms with Crippen LogP contribution in [0.1, 0.15) is 0 Å². The number of aromatic amines is 1. The number of pyridine rings is 1. The van der Waals surface area contributed by atoms with Crippen molar-refractivity contribution in [3.05, 3.63) is 65.1 Å². The van der Waals surface area contributed by atoms with Crippen LogP contribution in [0.15, 0.2) is 59.5 Å². The minimum absolute atomic E-state index is 0.0808. The van der Waals surface area contributed by atoms with Gasteiger partial charge in [-0.25, -0.2) is 4.68 Å². The molecule has 2 aromatic heterocycles. The number of nitrogens with one attached hydrogen (secondary N) is 1. The second-order valence-corrected chi connectivity index (χ2v) is 7.66. The predicted molar refractivity (Wildman–Crippen MR) is 120 cm³/mol. The fraction of sp³-hybridized carbons (Fsp3) is 0.304. The smallest absolute Gasteiger partial charge is 0.280 e. The van der Waals surface area contributed by atoms with E-state index in [-0.39, 0.29) is 5.56 Å². The molecule has 0 atom stereocenters. The molecule has 3 heterocycles. The highest BCUT2D eigenvalue weighted by Crippen LogP contribution is 2.26. The third-order valence-electron chi connectivity index (χ3n) is 5.87. The maximum atomic E-state index is 12.9. The summed E-state index contributed by atoms with van der Waals surface area (Å²) in [7, 11) is 1.75. The lowest BCUT2D eigenvalue weighted by Crippen LogP contribution is -2.47. The summed E-state index contributed by atoms with van der Waals surface area (Å²) in [6, 6.07) is 15.9. The summed E-state index contributed by atoms with van der Waals surface area (Å²) in [5.41, 5.74) is 3.61. The Bertz CT molecular complexity index is 1220. The van der Waals surface area contributed by atoms with Gasteiger partial charge in [0, 0.05) is 57.1 Å². The van der Waals surface area contributed by atoms with Crippen LogP contribution in [0.3, 0.4) is 0 Å². The summed E-state index contributed by atoms with van der Waals surface area (Å²) in [4.78, 5) is 22.3. The number of H-pyrrole nitrogens is 1. The normalized spacial score (nSPS) is 15.3. The van der Waals surface area contributed by atoms with Gasteiger partial charge in [0.25, 0.3) is 5.56 Å². The Hall–Kier alpha value is -3.16. The van der Waals surface area contributed by atoms with Crippen molar-refractivity contribution in [3.63, 3.8) is 0 Å². The van der Waals surface area contributed by atoms with Crippen molar-refractivity contribution < 1.29 is 4.74 Å². The topological polar surface area (TPSA) is 66.4 Å². The van der Waals surface area contributed by atoms with Gasteiger partial charge in [0.05, 0.1) is 28.7 Å². The Kier molecular flexibility index (Phi) is 4.98. The van der Waals surface area contributed by atoms with E-state index in [4.69, 9.17) is 4.74 Å². The Morgan fingerprint density at radius 3 is 2.57 bits per heavy atom. The van der Waals surface area contributed by atoms with E-state index in [1.165, 1.54) is 0 Å². The zero-order valence-corrected chi connectivity index (χ0v) is 17.0. The molecule has 154 valence electrons. The van der Waals surface area contributed by atoms with Crippen molar-refractivity contribution in [3.8, 4) is 5.69 Å². The van der Waals surface area contributed by atoms with Crippen LogP contribution in [-0.4, -0.2) is 66.1 Å². The molecular formula is C23H25N5O2. The second-order valence-electron chi connectivity index (χ2n) is 7.66. The van der Waals surface area contributed by atoms with Crippen molar-refractivity contribution in [2.75, 3.05) is 51.3 Å². The lowest BCUT2D eigenvalue weighted by Gasteiger charge is -2.36. The highest BCUT2D eigenvalue weighted by atomic mass is 16.5. The molecule has 0 aliphatic carbocycles. The number of nitrogens with zero attached hydrogens (tertiary/aromatic N) is 4. The molecule has 1 N–H and O–H groups in total. The minimum Gasteiger partial charge on any atom is -0.383 e. The summed E-state index contributed by atoms with van der Waals surface area (Å²) in [6.07, 6.45) is 1.67. The van der Waals surface area contributed by atoms with Crippen LogP contribution in [0.5, 0.6) is 0 Å². The number of methoxy groups -OCH3 is 1. The highest BCUT2D eigenvalue weighted by Gasteiger charge is 2.18. The van der Waals surface area contributed by atoms with E-state index in [1.807, 2.05) is 36.4 Å². The molecule has 1 saturated heterocycles. The van der Waals surface area contributed by atoms with Crippen molar-refractivity contribution in [2.45, 2.75) is 0 Å². The third-order valence-corrected chi connectivity index (χ3v) is 5.87. The van der Waals surface area contributed by atoms with Gasteiger partial charge in [-0.15, -0.1) is 0 Å². The summed E-state index contributed by atoms with van der Waals surface area (Å²) in [5.74, 6) is 0. The molecule has 1 aliphatic rings. The van der Waals surface area contributed by atoms with Crippen LogP contribution in [0, 0.1) is 0 Å². The molecule has 0 unspecified atom stereocenters. The molecule has 7 nitrogen and oxygen atoms in total. The maximum absolute atomic E-state index is 12.9. The number of benzene rings is 2. The van der Waals surface area contributed by atoms with Crippen LogP contribution in [0.2, 0.25) is 0 Å². The number of fused-ring (bicyclic) bond motifs is 3. The number of anilines is 1. The molecule has 0 amide bonds. The average molecular weight is 403 g/mol. The maximum Gasteiger partial charge on any atom is 0.280 e. The molecule has 0 bridgehead atoms. The van der Waals surface area contributed by atoms with Crippen LogP contribution in [0.4, 0.5) is 5.69 Å². The van der Waals surface area contributed by atoms with E-state index in [9.17, 15) is 4.79 Å². The Labute approximate surface area is 174 Å². The molecule has 2 aromatic carbocycles. The standard InChI is InChI=1S/C23H25N5O2/c1-30-14-13-26-9-11-27(12-10-26)18-7-8-21-19(15-18)22-20(16-24-21)23(29)28(25-22)17-5-3-2-4-6-17/h2-8,15-16,25H,9-14H2,1H3. The van der Waals surface area contributed by atoms with Gasteiger partial charge in [0.2, 0.25) is 0 Å². The van der Waals surface area contributed by atoms with Gasteiger partial charge in [-0.1, -0.05) is 18.2 Å². The zero-order chi connectivity index (χ0) is 20.5. The lowest BCUT2D eigenvalue weighted by atomic mass is 10.1. The Morgan fingerprint density at radius 1 is 1.00 bits per heavy atom. The molecule has 0 radical (unpaired) electrons. The number of ether oxygens (including phenoxy) is 1. The second kappa shape index (κ2) is 7.93. The van der Waals surface area contributed by atoms with E-state index < -0.39 is 0 Å². The van der Waals surface area contributed by atoms with Crippen molar-refractivity contribution in [1.29, 1.82) is 0 Å². The first-order valence-electron chi connectivity index (χ1n) is 10.3. The fourth-order valence-electron chi connectivity index (χ4n) is 4.15. The van der Waals surface area contributed by atoms with Gasteiger partial charge in [-0.2, -0.15) is 0 Å². The van der Waals surface area contributed by atoms with E-state index >= 15 is 0 Å². The van der Waals surface area contributed by atoms with Gasteiger partial charge in [0.1, 0.15) is 0 Å².